The van der Waals surface area contributed by atoms with Gasteiger partial charge in [0.2, 0.25) is 5.91 Å². The topological polar surface area (TPSA) is 64.4 Å². The molecule has 174 valence electrons. The SMILES string of the molecule is CCOc1cc2occ(-c3ccc(F)cc3)c2cc1/C(C)=C/C(=O)Nc1cccc2cccnc12. The summed E-state index contributed by atoms with van der Waals surface area (Å²) in [6.07, 6.45) is 4.89. The molecule has 0 saturated heterocycles. The Labute approximate surface area is 201 Å². The number of anilines is 1. The van der Waals surface area contributed by atoms with Gasteiger partial charge in [0.25, 0.3) is 0 Å². The molecule has 35 heavy (non-hydrogen) atoms. The number of pyridine rings is 1. The van der Waals surface area contributed by atoms with Crippen LogP contribution in [0.2, 0.25) is 0 Å². The van der Waals surface area contributed by atoms with Crippen LogP contribution in [-0.4, -0.2) is 17.5 Å². The van der Waals surface area contributed by atoms with Crippen molar-refractivity contribution in [2.45, 2.75) is 13.8 Å². The van der Waals surface area contributed by atoms with Crippen LogP contribution in [0.25, 0.3) is 38.6 Å². The van der Waals surface area contributed by atoms with Gasteiger partial charge in [-0.25, -0.2) is 4.39 Å². The van der Waals surface area contributed by atoms with Crippen molar-refractivity contribution in [3.8, 4) is 16.9 Å². The van der Waals surface area contributed by atoms with E-state index in [2.05, 4.69) is 10.3 Å². The minimum absolute atomic E-state index is 0.269. The van der Waals surface area contributed by atoms with Crippen molar-refractivity contribution < 1.29 is 18.3 Å². The highest BCUT2D eigenvalue weighted by Crippen LogP contribution is 2.37. The number of rotatable bonds is 6. The Morgan fingerprint density at radius 3 is 2.71 bits per heavy atom. The minimum Gasteiger partial charge on any atom is -0.493 e. The normalized spacial score (nSPS) is 11.7. The first-order valence-electron chi connectivity index (χ1n) is 11.3. The van der Waals surface area contributed by atoms with Crippen LogP contribution in [0, 0.1) is 5.82 Å². The van der Waals surface area contributed by atoms with Gasteiger partial charge >= 0.3 is 0 Å². The summed E-state index contributed by atoms with van der Waals surface area (Å²) in [5, 5.41) is 4.74. The number of allylic oxidation sites excluding steroid dienone is 1. The van der Waals surface area contributed by atoms with E-state index in [1.165, 1.54) is 12.1 Å². The fourth-order valence-electron chi connectivity index (χ4n) is 4.14. The lowest BCUT2D eigenvalue weighted by Crippen LogP contribution is -2.09. The van der Waals surface area contributed by atoms with Gasteiger partial charge in [-0.05, 0) is 55.3 Å². The second-order valence-corrected chi connectivity index (χ2v) is 8.13. The Morgan fingerprint density at radius 1 is 1.11 bits per heavy atom. The molecular weight excluding hydrogens is 443 g/mol. The van der Waals surface area contributed by atoms with Gasteiger partial charge in [0.05, 0.1) is 24.1 Å². The lowest BCUT2D eigenvalue weighted by atomic mass is 9.99. The third-order valence-electron chi connectivity index (χ3n) is 5.79. The van der Waals surface area contributed by atoms with E-state index in [9.17, 15) is 9.18 Å². The van der Waals surface area contributed by atoms with Gasteiger partial charge in [-0.3, -0.25) is 9.78 Å². The van der Waals surface area contributed by atoms with Gasteiger partial charge in [-0.15, -0.1) is 0 Å². The summed E-state index contributed by atoms with van der Waals surface area (Å²) in [6.45, 7) is 4.23. The van der Waals surface area contributed by atoms with E-state index in [1.54, 1.807) is 30.7 Å². The van der Waals surface area contributed by atoms with Crippen molar-refractivity contribution in [2.75, 3.05) is 11.9 Å². The van der Waals surface area contributed by atoms with Crippen LogP contribution in [-0.2, 0) is 4.79 Å². The first-order chi connectivity index (χ1) is 17.0. The highest BCUT2D eigenvalue weighted by atomic mass is 19.1. The number of carbonyl (C=O) groups is 1. The first kappa shape index (κ1) is 22.3. The Morgan fingerprint density at radius 2 is 1.91 bits per heavy atom. The third kappa shape index (κ3) is 4.51. The number of halogens is 1. The highest BCUT2D eigenvalue weighted by Gasteiger charge is 2.16. The zero-order valence-corrected chi connectivity index (χ0v) is 19.3. The number of benzene rings is 3. The van der Waals surface area contributed by atoms with Gasteiger partial charge in [0.1, 0.15) is 17.1 Å². The number of carbonyl (C=O) groups excluding carboxylic acids is 1. The largest absolute Gasteiger partial charge is 0.493 e. The Bertz CT molecular complexity index is 1560. The Balaban J connectivity index is 1.52. The number of nitrogens with one attached hydrogen (secondary N) is 1. The van der Waals surface area contributed by atoms with Crippen LogP contribution >= 0.6 is 0 Å². The summed E-state index contributed by atoms with van der Waals surface area (Å²) >= 11 is 0. The number of nitrogens with zero attached hydrogens (tertiary/aromatic N) is 1. The zero-order chi connectivity index (χ0) is 24.4. The summed E-state index contributed by atoms with van der Waals surface area (Å²) in [7, 11) is 0. The second-order valence-electron chi connectivity index (χ2n) is 8.13. The number of furan rings is 1. The molecule has 5 rings (SSSR count). The number of ether oxygens (including phenoxy) is 1. The van der Waals surface area contributed by atoms with Crippen molar-refractivity contribution in [3.05, 3.63) is 96.6 Å². The monoisotopic (exact) mass is 466 g/mol. The van der Waals surface area contributed by atoms with Crippen LogP contribution in [0.5, 0.6) is 5.75 Å². The highest BCUT2D eigenvalue weighted by molar-refractivity contribution is 6.08. The van der Waals surface area contributed by atoms with E-state index in [1.807, 2.05) is 56.3 Å². The molecule has 1 N–H and O–H groups in total. The van der Waals surface area contributed by atoms with Gasteiger partial charge in [-0.1, -0.05) is 30.3 Å². The van der Waals surface area contributed by atoms with Gasteiger partial charge in [0.15, 0.2) is 0 Å². The lowest BCUT2D eigenvalue weighted by Gasteiger charge is -2.12. The van der Waals surface area contributed by atoms with Crippen LogP contribution in [0.15, 0.2) is 89.7 Å². The van der Waals surface area contributed by atoms with Crippen molar-refractivity contribution in [2.24, 2.45) is 0 Å². The Kier molecular flexibility index (Phi) is 6.02. The van der Waals surface area contributed by atoms with E-state index in [0.29, 0.717) is 23.6 Å². The number of aromatic nitrogens is 1. The number of fused-ring (bicyclic) bond motifs is 2. The lowest BCUT2D eigenvalue weighted by molar-refractivity contribution is -0.111. The maximum absolute atomic E-state index is 13.4. The molecule has 0 aliphatic heterocycles. The van der Waals surface area contributed by atoms with Crippen LogP contribution in [0.4, 0.5) is 10.1 Å². The number of para-hydroxylation sites is 1. The van der Waals surface area contributed by atoms with Crippen molar-refractivity contribution in [1.29, 1.82) is 0 Å². The van der Waals surface area contributed by atoms with Crippen LogP contribution in [0.3, 0.4) is 0 Å². The second kappa shape index (κ2) is 9.43. The predicted octanol–water partition coefficient (Wildman–Crippen LogP) is 7.23. The van der Waals surface area contributed by atoms with E-state index < -0.39 is 0 Å². The summed E-state index contributed by atoms with van der Waals surface area (Å²) in [6, 6.07) is 19.5. The molecule has 0 fully saturated rings. The van der Waals surface area contributed by atoms with E-state index in [0.717, 1.165) is 38.6 Å². The van der Waals surface area contributed by atoms with Gasteiger partial charge in [-0.2, -0.15) is 0 Å². The number of hydrogen-bond donors (Lipinski definition) is 1. The van der Waals surface area contributed by atoms with E-state index >= 15 is 0 Å². The van der Waals surface area contributed by atoms with Crippen molar-refractivity contribution in [3.63, 3.8) is 0 Å². The minimum atomic E-state index is -0.299. The van der Waals surface area contributed by atoms with Crippen LogP contribution < -0.4 is 10.1 Å². The summed E-state index contributed by atoms with van der Waals surface area (Å²) in [4.78, 5) is 17.3. The molecule has 2 heterocycles. The molecule has 3 aromatic carbocycles. The maximum atomic E-state index is 13.4. The molecule has 6 heteroatoms. The molecule has 0 unspecified atom stereocenters. The van der Waals surface area contributed by atoms with E-state index in [-0.39, 0.29) is 11.7 Å². The third-order valence-corrected chi connectivity index (χ3v) is 5.79. The smallest absolute Gasteiger partial charge is 0.248 e. The quantitative estimate of drug-likeness (QED) is 0.268. The molecule has 0 bridgehead atoms. The summed E-state index contributed by atoms with van der Waals surface area (Å²) < 4.78 is 25.1. The average Bonchev–Trinajstić information content (AvgIpc) is 3.27. The average molecular weight is 467 g/mol. The molecule has 5 nitrogen and oxygen atoms in total. The molecule has 0 radical (unpaired) electrons. The zero-order valence-electron chi connectivity index (χ0n) is 19.3. The van der Waals surface area contributed by atoms with Crippen molar-refractivity contribution in [1.82, 2.24) is 4.98 Å². The number of hydrogen-bond acceptors (Lipinski definition) is 4. The molecule has 5 aromatic rings. The molecule has 0 saturated carbocycles. The molecular formula is C29H23FN2O3. The standard InChI is InChI=1S/C29H23FN2O3/c1-3-34-26-16-27-23(24(17-35-27)19-9-11-21(30)12-10-19)15-22(26)18(2)14-28(33)32-25-8-4-6-20-7-5-13-31-29(20)25/h4-17H,3H2,1-2H3,(H,32,33)/b18-14+. The fraction of sp³-hybridized carbons (Fsp3) is 0.103. The van der Waals surface area contributed by atoms with Gasteiger partial charge < -0.3 is 14.5 Å². The van der Waals surface area contributed by atoms with Crippen LogP contribution in [0.1, 0.15) is 19.4 Å². The molecule has 0 spiro atoms. The summed E-state index contributed by atoms with van der Waals surface area (Å²) in [5.74, 6) is 0.0505. The molecule has 0 aliphatic rings. The fourth-order valence-corrected chi connectivity index (χ4v) is 4.14. The number of amides is 1. The molecule has 0 atom stereocenters. The Hall–Kier alpha value is -4.45. The molecule has 2 aromatic heterocycles. The van der Waals surface area contributed by atoms with Crippen molar-refractivity contribution >= 4 is 39.0 Å². The first-order valence-corrected chi connectivity index (χ1v) is 11.3. The summed E-state index contributed by atoms with van der Waals surface area (Å²) in [5.41, 5.74) is 5.20. The molecule has 0 aliphatic carbocycles. The van der Waals surface area contributed by atoms with E-state index in [4.69, 9.17) is 9.15 Å². The predicted molar refractivity (Wildman–Crippen MR) is 137 cm³/mol. The van der Waals surface area contributed by atoms with Gasteiger partial charge in [0, 0.05) is 40.2 Å². The maximum Gasteiger partial charge on any atom is 0.248 e. The molecule has 1 amide bonds.